The molecule has 0 aromatic carbocycles. The molecule has 62 valence electrons. The first-order valence-corrected chi connectivity index (χ1v) is 4.06. The molecule has 1 heteroatoms. The lowest BCUT2D eigenvalue weighted by atomic mass is 10.2. The Bertz CT molecular complexity index is 67.1. The van der Waals surface area contributed by atoms with Gasteiger partial charge < -0.3 is 17.0 Å². The maximum absolute atomic E-state index is 2.30. The standard InChI is InChI=1S/C9H18.BrH/c1-3-5-7-9-8-6-4-2;/h7,9H,3-6,8H2,1-2H3;1H/p-1/b9-7+;. The van der Waals surface area contributed by atoms with E-state index in [0.29, 0.717) is 0 Å². The van der Waals surface area contributed by atoms with Crippen molar-refractivity contribution in [2.45, 2.75) is 46.0 Å². The van der Waals surface area contributed by atoms with Crippen LogP contribution in [0.2, 0.25) is 0 Å². The van der Waals surface area contributed by atoms with Crippen molar-refractivity contribution in [3.8, 4) is 0 Å². The molecule has 0 unspecified atom stereocenters. The first kappa shape index (κ1) is 12.9. The lowest BCUT2D eigenvalue weighted by molar-refractivity contribution is -0.00000209. The molecule has 0 aliphatic carbocycles. The van der Waals surface area contributed by atoms with Crippen LogP contribution >= 0.6 is 0 Å². The van der Waals surface area contributed by atoms with Crippen LogP contribution < -0.4 is 17.0 Å². The number of halogens is 1. The van der Waals surface area contributed by atoms with Crippen LogP contribution in [0.15, 0.2) is 12.2 Å². The Balaban J connectivity index is 0. The van der Waals surface area contributed by atoms with Crippen LogP contribution in [0.5, 0.6) is 0 Å². The molecule has 0 atom stereocenters. The minimum atomic E-state index is 0. The normalized spacial score (nSPS) is 9.80. The summed E-state index contributed by atoms with van der Waals surface area (Å²) >= 11 is 0. The molecule has 0 aliphatic rings. The van der Waals surface area contributed by atoms with Gasteiger partial charge in [0.05, 0.1) is 0 Å². The summed E-state index contributed by atoms with van der Waals surface area (Å²) < 4.78 is 0. The van der Waals surface area contributed by atoms with Gasteiger partial charge in [0.25, 0.3) is 0 Å². The minimum absolute atomic E-state index is 0. The molecule has 0 rings (SSSR count). The fourth-order valence-electron chi connectivity index (χ4n) is 0.724. The smallest absolute Gasteiger partial charge is 0.0351 e. The Labute approximate surface area is 75.5 Å². The summed E-state index contributed by atoms with van der Waals surface area (Å²) in [6, 6.07) is 0. The van der Waals surface area contributed by atoms with Gasteiger partial charge in [0.1, 0.15) is 0 Å². The average Bonchev–Trinajstić information content (AvgIpc) is 1.89. The Morgan fingerprint density at radius 2 is 1.50 bits per heavy atom. The number of unbranched alkanes of at least 4 members (excludes halogenated alkanes) is 3. The molecule has 0 amide bonds. The monoisotopic (exact) mass is 205 g/mol. The Morgan fingerprint density at radius 3 is 2.00 bits per heavy atom. The molecule has 0 heterocycles. The molecule has 0 aliphatic heterocycles. The third kappa shape index (κ3) is 11.1. The molecule has 0 nitrogen and oxygen atoms in total. The number of rotatable bonds is 5. The Morgan fingerprint density at radius 1 is 0.900 bits per heavy atom. The highest BCUT2D eigenvalue weighted by molar-refractivity contribution is 4.80. The molecule has 0 radical (unpaired) electrons. The fourth-order valence-corrected chi connectivity index (χ4v) is 0.724. The van der Waals surface area contributed by atoms with E-state index in [0.717, 1.165) is 0 Å². The topological polar surface area (TPSA) is 0 Å². The SMILES string of the molecule is CCC/C=C/CCCC.[Br-]. The maximum atomic E-state index is 2.30. The van der Waals surface area contributed by atoms with Crippen molar-refractivity contribution >= 4 is 0 Å². The van der Waals surface area contributed by atoms with Crippen molar-refractivity contribution in [1.29, 1.82) is 0 Å². The van der Waals surface area contributed by atoms with Crippen LogP contribution in [0.3, 0.4) is 0 Å². The first-order chi connectivity index (χ1) is 4.41. The number of hydrogen-bond acceptors (Lipinski definition) is 0. The predicted octanol–water partition coefficient (Wildman–Crippen LogP) is 0.537. The number of hydrogen-bond donors (Lipinski definition) is 0. The van der Waals surface area contributed by atoms with Crippen molar-refractivity contribution in [3.63, 3.8) is 0 Å². The lowest BCUT2D eigenvalue weighted by Crippen LogP contribution is -3.00. The van der Waals surface area contributed by atoms with Crippen LogP contribution in [0.4, 0.5) is 0 Å². The summed E-state index contributed by atoms with van der Waals surface area (Å²) in [6.45, 7) is 4.44. The highest BCUT2D eigenvalue weighted by Crippen LogP contribution is 1.96. The molecule has 0 aromatic rings. The molecule has 0 saturated carbocycles. The van der Waals surface area contributed by atoms with Crippen LogP contribution in [0.25, 0.3) is 0 Å². The summed E-state index contributed by atoms with van der Waals surface area (Å²) in [5.41, 5.74) is 0. The van der Waals surface area contributed by atoms with Crippen LogP contribution in [-0.2, 0) is 0 Å². The van der Waals surface area contributed by atoms with Gasteiger partial charge in [0, 0.05) is 0 Å². The largest absolute Gasteiger partial charge is 1.00 e. The van der Waals surface area contributed by atoms with Gasteiger partial charge in [0.2, 0.25) is 0 Å². The van der Waals surface area contributed by atoms with E-state index in [-0.39, 0.29) is 17.0 Å². The van der Waals surface area contributed by atoms with E-state index in [1.54, 1.807) is 0 Å². The zero-order chi connectivity index (χ0) is 6.95. The summed E-state index contributed by atoms with van der Waals surface area (Å²) in [5.74, 6) is 0. The second kappa shape index (κ2) is 12.0. The summed E-state index contributed by atoms with van der Waals surface area (Å²) in [7, 11) is 0. The lowest BCUT2D eigenvalue weighted by Gasteiger charge is -1.87. The van der Waals surface area contributed by atoms with Gasteiger partial charge in [-0.3, -0.25) is 0 Å². The van der Waals surface area contributed by atoms with Gasteiger partial charge in [-0.05, 0) is 12.8 Å². The third-order valence-corrected chi connectivity index (χ3v) is 1.35. The quantitative estimate of drug-likeness (QED) is 0.455. The second-order valence-corrected chi connectivity index (χ2v) is 2.40. The van der Waals surface area contributed by atoms with Gasteiger partial charge in [-0.1, -0.05) is 45.3 Å². The molecular weight excluding hydrogens is 188 g/mol. The van der Waals surface area contributed by atoms with Crippen molar-refractivity contribution in [2.24, 2.45) is 0 Å². The van der Waals surface area contributed by atoms with E-state index in [1.807, 2.05) is 0 Å². The Kier molecular flexibility index (Phi) is 15.4. The fraction of sp³-hybridized carbons (Fsp3) is 0.778. The Hall–Kier alpha value is 0.220. The van der Waals surface area contributed by atoms with Crippen molar-refractivity contribution in [3.05, 3.63) is 12.2 Å². The third-order valence-electron chi connectivity index (χ3n) is 1.35. The van der Waals surface area contributed by atoms with Gasteiger partial charge in [-0.15, -0.1) is 0 Å². The second-order valence-electron chi connectivity index (χ2n) is 2.40. The van der Waals surface area contributed by atoms with Crippen LogP contribution in [-0.4, -0.2) is 0 Å². The van der Waals surface area contributed by atoms with Crippen LogP contribution in [0.1, 0.15) is 46.0 Å². The van der Waals surface area contributed by atoms with Gasteiger partial charge in [-0.25, -0.2) is 0 Å². The van der Waals surface area contributed by atoms with Gasteiger partial charge in [-0.2, -0.15) is 0 Å². The van der Waals surface area contributed by atoms with E-state index in [9.17, 15) is 0 Å². The molecule has 0 aromatic heterocycles. The highest BCUT2D eigenvalue weighted by Gasteiger charge is 1.76. The maximum Gasteiger partial charge on any atom is -0.0351 e. The van der Waals surface area contributed by atoms with E-state index < -0.39 is 0 Å². The van der Waals surface area contributed by atoms with E-state index in [4.69, 9.17) is 0 Å². The van der Waals surface area contributed by atoms with Gasteiger partial charge >= 0.3 is 0 Å². The van der Waals surface area contributed by atoms with E-state index >= 15 is 0 Å². The van der Waals surface area contributed by atoms with Gasteiger partial charge in [0.15, 0.2) is 0 Å². The molecule has 0 saturated heterocycles. The first-order valence-electron chi connectivity index (χ1n) is 4.06. The summed E-state index contributed by atoms with van der Waals surface area (Å²) in [6.07, 6.45) is 11.1. The molecule has 0 bridgehead atoms. The molecule has 0 fully saturated rings. The van der Waals surface area contributed by atoms with E-state index in [1.165, 1.54) is 32.1 Å². The summed E-state index contributed by atoms with van der Waals surface area (Å²) in [5, 5.41) is 0. The van der Waals surface area contributed by atoms with Crippen LogP contribution in [0, 0.1) is 0 Å². The zero-order valence-corrected chi connectivity index (χ0v) is 8.65. The zero-order valence-electron chi connectivity index (χ0n) is 7.07. The molecule has 0 N–H and O–H groups in total. The predicted molar refractivity (Wildman–Crippen MR) is 43.6 cm³/mol. The van der Waals surface area contributed by atoms with Crippen molar-refractivity contribution < 1.29 is 17.0 Å². The molecule has 10 heavy (non-hydrogen) atoms. The van der Waals surface area contributed by atoms with Crippen molar-refractivity contribution in [2.75, 3.05) is 0 Å². The average molecular weight is 206 g/mol. The minimum Gasteiger partial charge on any atom is -1.00 e. The summed E-state index contributed by atoms with van der Waals surface area (Å²) in [4.78, 5) is 0. The number of allylic oxidation sites excluding steroid dienone is 2. The van der Waals surface area contributed by atoms with Crippen molar-refractivity contribution in [1.82, 2.24) is 0 Å². The molecule has 0 spiro atoms. The molecular formula is C9H18Br-. The highest BCUT2D eigenvalue weighted by atomic mass is 79.9. The van der Waals surface area contributed by atoms with E-state index in [2.05, 4.69) is 26.0 Å².